The zero-order valence-electron chi connectivity index (χ0n) is 15.4. The Labute approximate surface area is 158 Å². The second-order valence-electron chi connectivity index (χ2n) is 7.22. The molecule has 1 saturated heterocycles. The van der Waals surface area contributed by atoms with E-state index in [1.54, 1.807) is 0 Å². The molecule has 0 aliphatic carbocycles. The van der Waals surface area contributed by atoms with Crippen molar-refractivity contribution >= 4 is 26.8 Å². The van der Waals surface area contributed by atoms with Crippen LogP contribution in [0.3, 0.4) is 0 Å². The molecule has 0 radical (unpaired) electrons. The highest BCUT2D eigenvalue weighted by Gasteiger charge is 2.30. The predicted molar refractivity (Wildman–Crippen MR) is 107 cm³/mol. The van der Waals surface area contributed by atoms with E-state index >= 15 is 0 Å². The van der Waals surface area contributed by atoms with Gasteiger partial charge in [0.25, 0.3) is 5.56 Å². The Hall–Kier alpha value is -1.20. The molecule has 1 aliphatic rings. The fraction of sp³-hybridized carbons (Fsp3) is 0.600. The maximum absolute atomic E-state index is 13.1. The van der Waals surface area contributed by atoms with Crippen molar-refractivity contribution in [1.29, 1.82) is 0 Å². The first kappa shape index (κ1) is 18.6. The molecular weight excluding hydrogens is 378 g/mol. The monoisotopic (exact) mass is 405 g/mol. The zero-order chi connectivity index (χ0) is 18.0. The SMILES string of the molecule is CCC[C@@H](c1nc2ccc(Br)cc2c(=O)n1CC)[C@H]1CCN[C@@H](C)C1. The molecule has 3 rings (SSSR count). The van der Waals surface area contributed by atoms with Crippen LogP contribution in [0, 0.1) is 5.92 Å². The van der Waals surface area contributed by atoms with Crippen LogP contribution in [0.4, 0.5) is 0 Å². The van der Waals surface area contributed by atoms with E-state index in [0.717, 1.165) is 48.0 Å². The van der Waals surface area contributed by atoms with Crippen LogP contribution in [0.25, 0.3) is 10.9 Å². The lowest BCUT2D eigenvalue weighted by Gasteiger charge is -2.34. The number of piperidine rings is 1. The lowest BCUT2D eigenvalue weighted by atomic mass is 9.79. The van der Waals surface area contributed by atoms with Gasteiger partial charge >= 0.3 is 0 Å². The molecule has 0 saturated carbocycles. The standard InChI is InChI=1S/C20H28BrN3O/c1-4-6-16(14-9-10-22-13(3)11-14)19-23-18-8-7-15(21)12-17(18)20(25)24(19)5-2/h7-8,12-14,16,22H,4-6,9-11H2,1-3H3/t13-,14-,16+/m0/s1. The molecule has 0 spiro atoms. The van der Waals surface area contributed by atoms with Gasteiger partial charge in [-0.3, -0.25) is 9.36 Å². The van der Waals surface area contributed by atoms with Crippen LogP contribution in [-0.4, -0.2) is 22.1 Å². The third kappa shape index (κ3) is 3.82. The Morgan fingerprint density at radius 1 is 1.40 bits per heavy atom. The van der Waals surface area contributed by atoms with Crippen LogP contribution in [0.5, 0.6) is 0 Å². The number of nitrogens with one attached hydrogen (secondary N) is 1. The van der Waals surface area contributed by atoms with Crippen molar-refractivity contribution in [3.63, 3.8) is 0 Å². The van der Waals surface area contributed by atoms with E-state index in [2.05, 4.69) is 35.1 Å². The van der Waals surface area contributed by atoms with Gasteiger partial charge < -0.3 is 5.32 Å². The van der Waals surface area contributed by atoms with Gasteiger partial charge in [0.1, 0.15) is 5.82 Å². The number of aromatic nitrogens is 2. The summed E-state index contributed by atoms with van der Waals surface area (Å²) in [4.78, 5) is 18.1. The Morgan fingerprint density at radius 2 is 2.20 bits per heavy atom. The molecule has 25 heavy (non-hydrogen) atoms. The molecule has 3 atom stereocenters. The molecule has 1 aliphatic heterocycles. The summed E-state index contributed by atoms with van der Waals surface area (Å²) >= 11 is 3.47. The molecule has 2 aromatic rings. The van der Waals surface area contributed by atoms with Gasteiger partial charge in [-0.05, 0) is 63.8 Å². The molecule has 1 aromatic carbocycles. The quantitative estimate of drug-likeness (QED) is 0.798. The van der Waals surface area contributed by atoms with Gasteiger partial charge in [0.2, 0.25) is 0 Å². The van der Waals surface area contributed by atoms with Gasteiger partial charge in [0, 0.05) is 23.0 Å². The Kier molecular flexibility index (Phi) is 5.95. The summed E-state index contributed by atoms with van der Waals surface area (Å²) in [5, 5.41) is 4.24. The van der Waals surface area contributed by atoms with Crippen molar-refractivity contribution in [2.45, 2.75) is 65.0 Å². The molecule has 2 heterocycles. The van der Waals surface area contributed by atoms with Crippen LogP contribution in [0.15, 0.2) is 27.5 Å². The summed E-state index contributed by atoms with van der Waals surface area (Å²) in [5.74, 6) is 1.94. The maximum Gasteiger partial charge on any atom is 0.261 e. The zero-order valence-corrected chi connectivity index (χ0v) is 17.0. The summed E-state index contributed by atoms with van der Waals surface area (Å²) in [5.41, 5.74) is 0.905. The van der Waals surface area contributed by atoms with E-state index in [1.807, 2.05) is 29.7 Å². The number of fused-ring (bicyclic) bond motifs is 1. The molecule has 5 heteroatoms. The third-order valence-electron chi connectivity index (χ3n) is 5.43. The van der Waals surface area contributed by atoms with Crippen LogP contribution in [0.1, 0.15) is 58.2 Å². The summed E-state index contributed by atoms with van der Waals surface area (Å²) in [6.07, 6.45) is 4.52. The van der Waals surface area contributed by atoms with Crippen molar-refractivity contribution in [3.05, 3.63) is 38.9 Å². The van der Waals surface area contributed by atoms with Gasteiger partial charge in [-0.15, -0.1) is 0 Å². The fourth-order valence-electron chi connectivity index (χ4n) is 4.22. The van der Waals surface area contributed by atoms with E-state index in [4.69, 9.17) is 4.98 Å². The molecule has 136 valence electrons. The minimum Gasteiger partial charge on any atom is -0.314 e. The molecule has 4 nitrogen and oxygen atoms in total. The minimum atomic E-state index is 0.0897. The molecule has 0 unspecified atom stereocenters. The third-order valence-corrected chi connectivity index (χ3v) is 5.92. The summed E-state index contributed by atoms with van der Waals surface area (Å²) in [6.45, 7) is 8.26. The molecule has 1 aromatic heterocycles. The van der Waals surface area contributed by atoms with Crippen molar-refractivity contribution < 1.29 is 0 Å². The van der Waals surface area contributed by atoms with Crippen molar-refractivity contribution in [3.8, 4) is 0 Å². The number of nitrogens with zero attached hydrogens (tertiary/aromatic N) is 2. The smallest absolute Gasteiger partial charge is 0.261 e. The van der Waals surface area contributed by atoms with E-state index in [9.17, 15) is 4.79 Å². The molecular formula is C20H28BrN3O. The lowest BCUT2D eigenvalue weighted by Crippen LogP contribution is -2.39. The van der Waals surface area contributed by atoms with E-state index in [0.29, 0.717) is 29.8 Å². The van der Waals surface area contributed by atoms with Gasteiger partial charge in [-0.1, -0.05) is 29.3 Å². The van der Waals surface area contributed by atoms with Gasteiger partial charge in [-0.2, -0.15) is 0 Å². The normalized spacial score (nSPS) is 22.2. The van der Waals surface area contributed by atoms with Gasteiger partial charge in [0.05, 0.1) is 10.9 Å². The van der Waals surface area contributed by atoms with Crippen molar-refractivity contribution in [2.75, 3.05) is 6.54 Å². The first-order chi connectivity index (χ1) is 12.0. The molecule has 1 fully saturated rings. The highest BCUT2D eigenvalue weighted by molar-refractivity contribution is 9.10. The average molecular weight is 406 g/mol. The van der Waals surface area contributed by atoms with Crippen molar-refractivity contribution in [2.24, 2.45) is 5.92 Å². The van der Waals surface area contributed by atoms with Crippen molar-refractivity contribution in [1.82, 2.24) is 14.9 Å². The molecule has 1 N–H and O–H groups in total. The largest absolute Gasteiger partial charge is 0.314 e. The number of benzene rings is 1. The molecule has 0 amide bonds. The maximum atomic E-state index is 13.1. The average Bonchev–Trinajstić information content (AvgIpc) is 2.60. The summed E-state index contributed by atoms with van der Waals surface area (Å²) in [7, 11) is 0. The minimum absolute atomic E-state index is 0.0897. The van der Waals surface area contributed by atoms with Crippen LogP contribution >= 0.6 is 15.9 Å². The van der Waals surface area contributed by atoms with E-state index < -0.39 is 0 Å². The lowest BCUT2D eigenvalue weighted by molar-refractivity contribution is 0.253. The second-order valence-corrected chi connectivity index (χ2v) is 8.13. The Balaban J connectivity index is 2.13. The Bertz CT molecular complexity index is 801. The first-order valence-corrected chi connectivity index (χ1v) is 10.3. The predicted octanol–water partition coefficient (Wildman–Crippen LogP) is 4.45. The van der Waals surface area contributed by atoms with Crippen LogP contribution in [0.2, 0.25) is 0 Å². The van der Waals surface area contributed by atoms with Crippen LogP contribution < -0.4 is 10.9 Å². The topological polar surface area (TPSA) is 46.9 Å². The fourth-order valence-corrected chi connectivity index (χ4v) is 4.58. The van der Waals surface area contributed by atoms with Gasteiger partial charge in [-0.25, -0.2) is 4.98 Å². The second kappa shape index (κ2) is 8.00. The number of hydrogen-bond acceptors (Lipinski definition) is 3. The highest BCUT2D eigenvalue weighted by Crippen LogP contribution is 2.35. The number of hydrogen-bond donors (Lipinski definition) is 1. The highest BCUT2D eigenvalue weighted by atomic mass is 79.9. The number of halogens is 1. The Morgan fingerprint density at radius 3 is 2.88 bits per heavy atom. The molecule has 0 bridgehead atoms. The van der Waals surface area contributed by atoms with E-state index in [-0.39, 0.29) is 5.56 Å². The summed E-state index contributed by atoms with van der Waals surface area (Å²) in [6, 6.07) is 6.35. The summed E-state index contributed by atoms with van der Waals surface area (Å²) < 4.78 is 2.83. The first-order valence-electron chi connectivity index (χ1n) is 9.48. The van der Waals surface area contributed by atoms with Gasteiger partial charge in [0.15, 0.2) is 0 Å². The van der Waals surface area contributed by atoms with Crippen LogP contribution in [-0.2, 0) is 6.54 Å². The number of rotatable bonds is 5. The van der Waals surface area contributed by atoms with E-state index in [1.165, 1.54) is 0 Å².